The molecule has 4 rings (SSSR count). The van der Waals surface area contributed by atoms with E-state index in [1.54, 1.807) is 12.4 Å². The third-order valence-corrected chi connectivity index (χ3v) is 5.53. The van der Waals surface area contributed by atoms with Crippen molar-refractivity contribution < 1.29 is 9.59 Å². The predicted molar refractivity (Wildman–Crippen MR) is 115 cm³/mol. The molecule has 30 heavy (non-hydrogen) atoms. The van der Waals surface area contributed by atoms with Crippen molar-refractivity contribution >= 4 is 39.9 Å². The van der Waals surface area contributed by atoms with Gasteiger partial charge in [0.2, 0.25) is 5.91 Å². The van der Waals surface area contributed by atoms with Gasteiger partial charge in [0.05, 0.1) is 17.1 Å². The molecule has 0 saturated carbocycles. The summed E-state index contributed by atoms with van der Waals surface area (Å²) < 4.78 is 0. The van der Waals surface area contributed by atoms with Crippen LogP contribution in [0.2, 0.25) is 0 Å². The second-order valence-electron chi connectivity index (χ2n) is 6.89. The van der Waals surface area contributed by atoms with Crippen molar-refractivity contribution in [2.24, 2.45) is 0 Å². The number of thiazole rings is 1. The molecule has 3 aromatic rings. The van der Waals surface area contributed by atoms with Gasteiger partial charge in [-0.2, -0.15) is 0 Å². The highest BCUT2D eigenvalue weighted by molar-refractivity contribution is 7.18. The van der Waals surface area contributed by atoms with E-state index in [2.05, 4.69) is 25.7 Å². The SMILES string of the molecule is CC(=O)NN1CCN(c2ncc(-c3cccc(Nc4cc(C)ccn4)n3)s2)CC1=O. The minimum atomic E-state index is -0.256. The zero-order valence-electron chi connectivity index (χ0n) is 16.6. The highest BCUT2D eigenvalue weighted by Crippen LogP contribution is 2.31. The molecule has 154 valence electrons. The van der Waals surface area contributed by atoms with Crippen LogP contribution in [0, 0.1) is 6.92 Å². The fraction of sp³-hybridized carbons (Fsp3) is 0.250. The fourth-order valence-corrected chi connectivity index (χ4v) is 3.96. The van der Waals surface area contributed by atoms with Crippen LogP contribution in [0.25, 0.3) is 10.6 Å². The van der Waals surface area contributed by atoms with E-state index in [1.807, 2.05) is 42.2 Å². The van der Waals surface area contributed by atoms with Gasteiger partial charge in [-0.1, -0.05) is 17.4 Å². The Hall–Kier alpha value is -3.53. The molecule has 0 radical (unpaired) electrons. The third-order valence-electron chi connectivity index (χ3n) is 4.45. The predicted octanol–water partition coefficient (Wildman–Crippen LogP) is 2.35. The van der Waals surface area contributed by atoms with Gasteiger partial charge in [0.15, 0.2) is 5.13 Å². The van der Waals surface area contributed by atoms with Crippen LogP contribution in [0.4, 0.5) is 16.8 Å². The molecular weight excluding hydrogens is 402 g/mol. The normalized spacial score (nSPS) is 14.0. The maximum Gasteiger partial charge on any atom is 0.260 e. The average Bonchev–Trinajstić information content (AvgIpc) is 3.20. The van der Waals surface area contributed by atoms with Crippen molar-refractivity contribution in [2.75, 3.05) is 29.9 Å². The number of hydrogen-bond donors (Lipinski definition) is 2. The standard InChI is InChI=1S/C20H21N7O2S/c1-13-6-7-21-18(10-13)24-17-5-3-4-15(23-17)16-11-22-20(30-16)26-8-9-27(19(29)12-26)25-14(2)28/h3-7,10-11H,8-9,12H2,1-2H3,(H,25,28)(H,21,23,24). The Bertz CT molecular complexity index is 1080. The summed E-state index contributed by atoms with van der Waals surface area (Å²) >= 11 is 1.48. The first kappa shape index (κ1) is 19.8. The number of hydrazine groups is 1. The van der Waals surface area contributed by atoms with Crippen LogP contribution < -0.4 is 15.6 Å². The van der Waals surface area contributed by atoms with Crippen molar-refractivity contribution in [1.29, 1.82) is 0 Å². The van der Waals surface area contributed by atoms with Gasteiger partial charge in [0.1, 0.15) is 18.2 Å². The summed E-state index contributed by atoms with van der Waals surface area (Å²) in [6, 6.07) is 9.63. The summed E-state index contributed by atoms with van der Waals surface area (Å²) in [7, 11) is 0. The topological polar surface area (TPSA) is 103 Å². The van der Waals surface area contributed by atoms with Crippen molar-refractivity contribution in [3.63, 3.8) is 0 Å². The molecule has 1 fully saturated rings. The van der Waals surface area contributed by atoms with Crippen molar-refractivity contribution in [1.82, 2.24) is 25.4 Å². The molecule has 0 bridgehead atoms. The molecule has 9 nitrogen and oxygen atoms in total. The van der Waals surface area contributed by atoms with E-state index in [1.165, 1.54) is 23.3 Å². The molecule has 1 saturated heterocycles. The minimum absolute atomic E-state index is 0.164. The molecule has 1 aliphatic rings. The highest BCUT2D eigenvalue weighted by atomic mass is 32.1. The summed E-state index contributed by atoms with van der Waals surface area (Å²) in [6.07, 6.45) is 3.52. The summed E-state index contributed by atoms with van der Waals surface area (Å²) in [6.45, 7) is 4.57. The van der Waals surface area contributed by atoms with E-state index in [0.29, 0.717) is 18.9 Å². The smallest absolute Gasteiger partial charge is 0.260 e. The summed E-state index contributed by atoms with van der Waals surface area (Å²) in [4.78, 5) is 39.7. The van der Waals surface area contributed by atoms with Crippen LogP contribution in [0.15, 0.2) is 42.7 Å². The van der Waals surface area contributed by atoms with E-state index in [0.717, 1.165) is 27.1 Å². The molecule has 1 aliphatic heterocycles. The van der Waals surface area contributed by atoms with E-state index in [-0.39, 0.29) is 18.4 Å². The highest BCUT2D eigenvalue weighted by Gasteiger charge is 2.26. The number of piperazine rings is 1. The lowest BCUT2D eigenvalue weighted by Gasteiger charge is -2.33. The average molecular weight is 424 g/mol. The number of pyridine rings is 2. The van der Waals surface area contributed by atoms with Gasteiger partial charge in [-0.25, -0.2) is 15.0 Å². The molecule has 0 atom stereocenters. The number of carbonyl (C=O) groups is 2. The Kier molecular flexibility index (Phi) is 5.57. The number of aromatic nitrogens is 3. The first-order valence-corrected chi connectivity index (χ1v) is 10.2. The molecule has 0 spiro atoms. The molecule has 2 amide bonds. The Labute approximate surface area is 177 Å². The number of nitrogens with zero attached hydrogens (tertiary/aromatic N) is 5. The van der Waals surface area contributed by atoms with Gasteiger partial charge in [-0.05, 0) is 36.8 Å². The van der Waals surface area contributed by atoms with E-state index >= 15 is 0 Å². The van der Waals surface area contributed by atoms with E-state index in [9.17, 15) is 9.59 Å². The Balaban J connectivity index is 1.47. The van der Waals surface area contributed by atoms with Gasteiger partial charge >= 0.3 is 0 Å². The van der Waals surface area contributed by atoms with Crippen LogP contribution >= 0.6 is 11.3 Å². The zero-order valence-corrected chi connectivity index (χ0v) is 17.4. The molecule has 3 aromatic heterocycles. The van der Waals surface area contributed by atoms with E-state index < -0.39 is 0 Å². The largest absolute Gasteiger partial charge is 0.337 e. The molecule has 4 heterocycles. The quantitative estimate of drug-likeness (QED) is 0.649. The molecule has 0 aliphatic carbocycles. The van der Waals surface area contributed by atoms with Crippen molar-refractivity contribution in [3.8, 4) is 10.6 Å². The third kappa shape index (κ3) is 4.54. The summed E-state index contributed by atoms with van der Waals surface area (Å²) in [5, 5.41) is 5.32. The lowest BCUT2D eigenvalue weighted by atomic mass is 10.3. The van der Waals surface area contributed by atoms with Crippen molar-refractivity contribution in [3.05, 3.63) is 48.3 Å². The van der Waals surface area contributed by atoms with Crippen LogP contribution in [0.5, 0.6) is 0 Å². The van der Waals surface area contributed by atoms with E-state index in [4.69, 9.17) is 0 Å². The van der Waals surface area contributed by atoms with Crippen molar-refractivity contribution in [2.45, 2.75) is 13.8 Å². The number of hydrogen-bond acceptors (Lipinski definition) is 8. The van der Waals surface area contributed by atoms with Gasteiger partial charge in [0.25, 0.3) is 5.91 Å². The van der Waals surface area contributed by atoms with Crippen LogP contribution in [-0.4, -0.2) is 51.4 Å². The minimum Gasteiger partial charge on any atom is -0.337 e. The maximum atomic E-state index is 12.3. The van der Waals surface area contributed by atoms with Crippen LogP contribution in [-0.2, 0) is 9.59 Å². The van der Waals surface area contributed by atoms with Gasteiger partial charge in [-0.15, -0.1) is 0 Å². The number of carbonyl (C=O) groups excluding carboxylic acids is 2. The lowest BCUT2D eigenvalue weighted by molar-refractivity contribution is -0.140. The molecule has 10 heteroatoms. The van der Waals surface area contributed by atoms with Gasteiger partial charge in [0, 0.05) is 25.9 Å². The summed E-state index contributed by atoms with van der Waals surface area (Å²) in [5.74, 6) is 1.01. The summed E-state index contributed by atoms with van der Waals surface area (Å²) in [5.41, 5.74) is 4.45. The molecular formula is C20H21N7O2S. The molecule has 2 N–H and O–H groups in total. The molecule has 0 aromatic carbocycles. The molecule has 0 unspecified atom stereocenters. The number of rotatable bonds is 5. The Morgan fingerprint density at radius 2 is 2.03 bits per heavy atom. The number of anilines is 3. The maximum absolute atomic E-state index is 12.3. The Morgan fingerprint density at radius 3 is 2.80 bits per heavy atom. The first-order chi connectivity index (χ1) is 14.5. The number of nitrogens with one attached hydrogen (secondary N) is 2. The second-order valence-corrected chi connectivity index (χ2v) is 7.90. The monoisotopic (exact) mass is 423 g/mol. The number of amides is 2. The van der Waals surface area contributed by atoms with Crippen LogP contribution in [0.3, 0.4) is 0 Å². The Morgan fingerprint density at radius 1 is 1.17 bits per heavy atom. The lowest BCUT2D eigenvalue weighted by Crippen LogP contribution is -2.56. The second kappa shape index (κ2) is 8.46. The fourth-order valence-electron chi connectivity index (χ4n) is 3.05. The van der Waals surface area contributed by atoms with Gasteiger partial charge in [-0.3, -0.25) is 20.0 Å². The number of aryl methyl sites for hydroxylation is 1. The van der Waals surface area contributed by atoms with Gasteiger partial charge < -0.3 is 10.2 Å². The first-order valence-electron chi connectivity index (χ1n) is 9.43. The van der Waals surface area contributed by atoms with Crippen LogP contribution in [0.1, 0.15) is 12.5 Å². The zero-order chi connectivity index (χ0) is 21.1.